The highest BCUT2D eigenvalue weighted by molar-refractivity contribution is 6.66. The normalized spacial score (nSPS) is 13.8. The molecule has 0 radical (unpaired) electrons. The smallest absolute Gasteiger partial charge is 0.412 e. The first-order valence-electron chi connectivity index (χ1n) is 5.67. The van der Waals surface area contributed by atoms with Gasteiger partial charge in [0.15, 0.2) is 0 Å². The first-order valence-corrected chi connectivity index (χ1v) is 6.49. The number of amidine groups is 1. The standard InChI is InChI=1S/C12H14Cl2N4O2/c1-7(15-11(14)16-8(2)13)9-5-4-6-10(17-9)18-12(19)20-3/h4-6,8H,1-3H3,(H,17,18,19). The molecule has 6 nitrogen and oxygen atoms in total. The fourth-order valence-electron chi connectivity index (χ4n) is 1.23. The van der Waals surface area contributed by atoms with Crippen LogP contribution in [0.5, 0.6) is 0 Å². The van der Waals surface area contributed by atoms with E-state index in [1.54, 1.807) is 32.0 Å². The van der Waals surface area contributed by atoms with Crippen molar-refractivity contribution in [3.8, 4) is 0 Å². The van der Waals surface area contributed by atoms with E-state index in [-0.39, 0.29) is 5.29 Å². The Bertz CT molecular complexity index is 544. The summed E-state index contributed by atoms with van der Waals surface area (Å²) in [5.41, 5.74) is 0.637. The molecule has 1 aromatic rings. The van der Waals surface area contributed by atoms with E-state index < -0.39 is 11.6 Å². The van der Waals surface area contributed by atoms with Crippen LogP contribution in [0.4, 0.5) is 10.6 Å². The van der Waals surface area contributed by atoms with Gasteiger partial charge >= 0.3 is 6.09 Å². The van der Waals surface area contributed by atoms with Crippen molar-refractivity contribution in [2.45, 2.75) is 19.3 Å². The Labute approximate surface area is 126 Å². The van der Waals surface area contributed by atoms with Crippen LogP contribution in [0.2, 0.25) is 0 Å². The summed E-state index contributed by atoms with van der Waals surface area (Å²) in [5, 5.41) is 2.50. The zero-order chi connectivity index (χ0) is 15.1. The Hall–Kier alpha value is -1.66. The second-order valence-corrected chi connectivity index (χ2v) is 4.66. The summed E-state index contributed by atoms with van der Waals surface area (Å²) < 4.78 is 4.49. The first kappa shape index (κ1) is 16.4. The van der Waals surface area contributed by atoms with Crippen LogP contribution in [0.15, 0.2) is 28.2 Å². The van der Waals surface area contributed by atoms with E-state index in [4.69, 9.17) is 23.2 Å². The summed E-state index contributed by atoms with van der Waals surface area (Å²) in [4.78, 5) is 23.2. The zero-order valence-corrected chi connectivity index (χ0v) is 12.7. The van der Waals surface area contributed by atoms with Gasteiger partial charge < -0.3 is 4.74 Å². The minimum Gasteiger partial charge on any atom is -0.453 e. The largest absolute Gasteiger partial charge is 0.453 e. The van der Waals surface area contributed by atoms with E-state index in [9.17, 15) is 4.79 Å². The summed E-state index contributed by atoms with van der Waals surface area (Å²) in [5.74, 6) is 0.350. The summed E-state index contributed by atoms with van der Waals surface area (Å²) in [7, 11) is 1.27. The van der Waals surface area contributed by atoms with Gasteiger partial charge in [-0.05, 0) is 37.6 Å². The van der Waals surface area contributed by atoms with Gasteiger partial charge in [-0.25, -0.2) is 19.8 Å². The number of rotatable bonds is 3. The molecule has 0 aliphatic carbocycles. The molecule has 1 N–H and O–H groups in total. The molecule has 20 heavy (non-hydrogen) atoms. The second-order valence-electron chi connectivity index (χ2n) is 3.69. The predicted molar refractivity (Wildman–Crippen MR) is 81.1 cm³/mol. The van der Waals surface area contributed by atoms with Gasteiger partial charge in [-0.3, -0.25) is 5.32 Å². The van der Waals surface area contributed by atoms with E-state index in [2.05, 4.69) is 25.0 Å². The van der Waals surface area contributed by atoms with Crippen molar-refractivity contribution in [3.63, 3.8) is 0 Å². The quantitative estimate of drug-likeness (QED) is 0.402. The van der Waals surface area contributed by atoms with Gasteiger partial charge in [-0.1, -0.05) is 17.7 Å². The molecule has 0 bridgehead atoms. The van der Waals surface area contributed by atoms with Gasteiger partial charge in [0, 0.05) is 0 Å². The number of carbonyl (C=O) groups is 1. The Morgan fingerprint density at radius 1 is 1.50 bits per heavy atom. The van der Waals surface area contributed by atoms with E-state index >= 15 is 0 Å². The number of hydrogen-bond acceptors (Lipinski definition) is 4. The molecule has 1 rings (SSSR count). The number of alkyl halides is 1. The number of hydrogen-bond donors (Lipinski definition) is 1. The molecule has 8 heteroatoms. The minimum atomic E-state index is -0.597. The topological polar surface area (TPSA) is 75.9 Å². The SMILES string of the molecule is COC(=O)Nc1cccc(C(C)=NC(Cl)=NC(C)Cl)n1. The fraction of sp³-hybridized carbons (Fsp3) is 0.333. The molecule has 1 aromatic heterocycles. The Morgan fingerprint density at radius 2 is 2.20 bits per heavy atom. The molecule has 0 saturated carbocycles. The van der Waals surface area contributed by atoms with Crippen LogP contribution in [0.3, 0.4) is 0 Å². The van der Waals surface area contributed by atoms with E-state index in [0.29, 0.717) is 17.2 Å². The average Bonchev–Trinajstić information content (AvgIpc) is 2.37. The van der Waals surface area contributed by atoms with E-state index in [1.165, 1.54) is 7.11 Å². The van der Waals surface area contributed by atoms with Crippen molar-refractivity contribution in [1.82, 2.24) is 4.98 Å². The van der Waals surface area contributed by atoms with Crippen LogP contribution in [0.25, 0.3) is 0 Å². The molecule has 1 atom stereocenters. The minimum absolute atomic E-state index is 0.0399. The third-order valence-corrected chi connectivity index (χ3v) is 2.36. The lowest BCUT2D eigenvalue weighted by atomic mass is 10.2. The number of ether oxygens (including phenoxy) is 1. The highest BCUT2D eigenvalue weighted by Gasteiger charge is 2.05. The van der Waals surface area contributed by atoms with Crippen LogP contribution in [-0.4, -0.2) is 34.7 Å². The molecule has 1 unspecified atom stereocenters. The molecule has 1 heterocycles. The Balaban J connectivity index is 2.94. The van der Waals surface area contributed by atoms with Crippen molar-refractivity contribution in [3.05, 3.63) is 23.9 Å². The molecule has 0 aromatic carbocycles. The van der Waals surface area contributed by atoms with Crippen molar-refractivity contribution >= 4 is 46.1 Å². The Morgan fingerprint density at radius 3 is 2.80 bits per heavy atom. The van der Waals surface area contributed by atoms with E-state index in [1.807, 2.05) is 0 Å². The molecule has 108 valence electrons. The van der Waals surface area contributed by atoms with Gasteiger partial charge in [0.1, 0.15) is 11.3 Å². The van der Waals surface area contributed by atoms with Crippen LogP contribution < -0.4 is 5.32 Å². The maximum atomic E-state index is 11.1. The highest BCUT2D eigenvalue weighted by atomic mass is 35.5. The zero-order valence-electron chi connectivity index (χ0n) is 11.2. The predicted octanol–water partition coefficient (Wildman–Crippen LogP) is 3.25. The lowest BCUT2D eigenvalue weighted by molar-refractivity contribution is 0.187. The molecule has 0 fully saturated rings. The lowest BCUT2D eigenvalue weighted by Gasteiger charge is -2.05. The number of pyridine rings is 1. The summed E-state index contributed by atoms with van der Waals surface area (Å²) >= 11 is 11.5. The van der Waals surface area contributed by atoms with Gasteiger partial charge in [-0.2, -0.15) is 0 Å². The molecule has 0 aliphatic rings. The number of anilines is 1. The number of nitrogens with one attached hydrogen (secondary N) is 1. The number of carbonyl (C=O) groups excluding carboxylic acids is 1. The lowest BCUT2D eigenvalue weighted by Crippen LogP contribution is -2.13. The monoisotopic (exact) mass is 316 g/mol. The molecule has 0 spiro atoms. The summed E-state index contributed by atoms with van der Waals surface area (Å²) in [6.07, 6.45) is -0.597. The number of halogens is 2. The van der Waals surface area contributed by atoms with Crippen LogP contribution in [0.1, 0.15) is 19.5 Å². The third kappa shape index (κ3) is 5.54. The number of nitrogens with zero attached hydrogens (tertiary/aromatic N) is 3. The molecular weight excluding hydrogens is 303 g/mol. The Kier molecular flexibility index (Phi) is 6.41. The molecular formula is C12H14Cl2N4O2. The number of aliphatic imine (C=N–C) groups is 2. The van der Waals surface area contributed by atoms with Crippen molar-refractivity contribution in [1.29, 1.82) is 0 Å². The van der Waals surface area contributed by atoms with Crippen LogP contribution in [0, 0.1) is 0 Å². The maximum Gasteiger partial charge on any atom is 0.412 e. The first-order chi connectivity index (χ1) is 9.42. The van der Waals surface area contributed by atoms with Gasteiger partial charge in [0.2, 0.25) is 5.29 Å². The third-order valence-electron chi connectivity index (χ3n) is 2.08. The maximum absolute atomic E-state index is 11.1. The summed E-state index contributed by atoms with van der Waals surface area (Å²) in [6, 6.07) is 5.08. The molecule has 1 amide bonds. The molecule has 0 saturated heterocycles. The van der Waals surface area contributed by atoms with Crippen molar-refractivity contribution in [2.75, 3.05) is 12.4 Å². The van der Waals surface area contributed by atoms with Crippen molar-refractivity contribution in [2.24, 2.45) is 9.98 Å². The van der Waals surface area contributed by atoms with Crippen LogP contribution in [-0.2, 0) is 4.74 Å². The number of methoxy groups -OCH3 is 1. The van der Waals surface area contributed by atoms with E-state index in [0.717, 1.165) is 0 Å². The van der Waals surface area contributed by atoms with Gasteiger partial charge in [0.05, 0.1) is 18.5 Å². The van der Waals surface area contributed by atoms with Crippen molar-refractivity contribution < 1.29 is 9.53 Å². The summed E-state index contributed by atoms with van der Waals surface area (Å²) in [6.45, 7) is 3.40. The molecule has 0 aliphatic heterocycles. The van der Waals surface area contributed by atoms with Gasteiger partial charge in [-0.15, -0.1) is 0 Å². The average molecular weight is 317 g/mol. The number of amides is 1. The second kappa shape index (κ2) is 7.81. The number of aromatic nitrogens is 1. The van der Waals surface area contributed by atoms with Crippen LogP contribution >= 0.6 is 23.2 Å². The van der Waals surface area contributed by atoms with Gasteiger partial charge in [0.25, 0.3) is 0 Å². The highest BCUT2D eigenvalue weighted by Crippen LogP contribution is 2.08. The fourth-order valence-corrected chi connectivity index (χ4v) is 1.65.